The van der Waals surface area contributed by atoms with Gasteiger partial charge in [0.2, 0.25) is 0 Å². The van der Waals surface area contributed by atoms with Gasteiger partial charge < -0.3 is 9.52 Å². The molecule has 0 aliphatic rings. The first-order chi connectivity index (χ1) is 9.23. The van der Waals surface area contributed by atoms with Crippen LogP contribution in [0.4, 0.5) is 0 Å². The van der Waals surface area contributed by atoms with Gasteiger partial charge in [0.15, 0.2) is 15.4 Å². The lowest BCUT2D eigenvalue weighted by atomic mass is 10.3. The molecule has 0 unspecified atom stereocenters. The second-order valence-electron chi connectivity index (χ2n) is 4.51. The Bertz CT molecular complexity index is 829. The molecule has 2 aromatic rings. The summed E-state index contributed by atoms with van der Waals surface area (Å²) >= 11 is 0. The molecule has 0 aliphatic heterocycles. The molecule has 108 valence electrons. The molecular weight excluding hydrogens is 286 g/mol. The number of carboxylic acid groups (broad SMARTS) is 1. The van der Waals surface area contributed by atoms with E-state index < -0.39 is 33.2 Å². The first kappa shape index (κ1) is 14.3. The van der Waals surface area contributed by atoms with Crippen molar-refractivity contribution in [3.63, 3.8) is 0 Å². The molecule has 1 aromatic carbocycles. The van der Waals surface area contributed by atoms with E-state index in [1.165, 1.54) is 36.7 Å². The molecular formula is C12H13NO6S. The van der Waals surface area contributed by atoms with Crippen molar-refractivity contribution in [2.45, 2.75) is 23.5 Å². The Hall–Kier alpha value is -2.09. The Morgan fingerprint density at radius 1 is 1.45 bits per heavy atom. The molecule has 2 rings (SSSR count). The van der Waals surface area contributed by atoms with E-state index in [2.05, 4.69) is 0 Å². The van der Waals surface area contributed by atoms with Crippen LogP contribution in [0, 0.1) is 0 Å². The van der Waals surface area contributed by atoms with Crippen LogP contribution in [-0.4, -0.2) is 29.3 Å². The fourth-order valence-corrected chi connectivity index (χ4v) is 3.23. The van der Waals surface area contributed by atoms with E-state index in [1.54, 1.807) is 0 Å². The summed E-state index contributed by atoms with van der Waals surface area (Å²) < 4.78 is 30.6. The Morgan fingerprint density at radius 3 is 2.70 bits per heavy atom. The van der Waals surface area contributed by atoms with Gasteiger partial charge in [0.25, 0.3) is 0 Å². The third-order valence-corrected chi connectivity index (χ3v) is 5.22. The van der Waals surface area contributed by atoms with Crippen molar-refractivity contribution in [3.05, 3.63) is 28.7 Å². The molecule has 8 heteroatoms. The van der Waals surface area contributed by atoms with Crippen molar-refractivity contribution in [2.24, 2.45) is 7.05 Å². The third kappa shape index (κ3) is 2.34. The smallest absolute Gasteiger partial charge is 0.419 e. The van der Waals surface area contributed by atoms with Crippen LogP contribution in [0.15, 0.2) is 32.3 Å². The predicted octanol–water partition coefficient (Wildman–Crippen LogP) is 0.768. The van der Waals surface area contributed by atoms with Crippen molar-refractivity contribution in [1.29, 1.82) is 0 Å². The molecule has 1 aromatic heterocycles. The summed E-state index contributed by atoms with van der Waals surface area (Å²) in [5, 5.41) is 7.62. The minimum absolute atomic E-state index is 0.0619. The van der Waals surface area contributed by atoms with Gasteiger partial charge in [0.1, 0.15) is 0 Å². The molecule has 1 heterocycles. The van der Waals surface area contributed by atoms with Gasteiger partial charge in [-0.15, -0.1) is 0 Å². The van der Waals surface area contributed by atoms with Gasteiger partial charge >= 0.3 is 11.7 Å². The van der Waals surface area contributed by atoms with Crippen LogP contribution in [0.25, 0.3) is 11.1 Å². The van der Waals surface area contributed by atoms with Crippen molar-refractivity contribution in [3.8, 4) is 0 Å². The highest BCUT2D eigenvalue weighted by molar-refractivity contribution is 7.92. The molecule has 0 bridgehead atoms. The highest BCUT2D eigenvalue weighted by atomic mass is 32.2. The van der Waals surface area contributed by atoms with Gasteiger partial charge in [-0.25, -0.2) is 13.2 Å². The van der Waals surface area contributed by atoms with Crippen molar-refractivity contribution in [2.75, 3.05) is 0 Å². The lowest BCUT2D eigenvalue weighted by Crippen LogP contribution is -2.21. The standard InChI is InChI=1S/C12H13NO6S/c1-7(5-11(14)15)20(17,18)8-3-4-9-10(6-8)19-12(16)13(9)2/h3-4,6-7H,5H2,1-2H3,(H,14,15)/t7-/m1/s1. The second-order valence-corrected chi connectivity index (χ2v) is 6.88. The van der Waals surface area contributed by atoms with Crippen LogP contribution < -0.4 is 5.76 Å². The van der Waals surface area contributed by atoms with Crippen LogP contribution >= 0.6 is 0 Å². The number of hydrogen-bond donors (Lipinski definition) is 1. The first-order valence-corrected chi connectivity index (χ1v) is 7.33. The second kappa shape index (κ2) is 4.78. The number of rotatable bonds is 4. The SMILES string of the molecule is C[C@H](CC(=O)O)S(=O)(=O)c1ccc2c(c1)oc(=O)n2C. The number of fused-ring (bicyclic) bond motifs is 1. The molecule has 0 amide bonds. The van der Waals surface area contributed by atoms with Crippen LogP contribution in [0.3, 0.4) is 0 Å². The van der Waals surface area contributed by atoms with E-state index in [1.807, 2.05) is 0 Å². The molecule has 0 saturated heterocycles. The lowest BCUT2D eigenvalue weighted by molar-refractivity contribution is -0.136. The van der Waals surface area contributed by atoms with Crippen LogP contribution in [0.1, 0.15) is 13.3 Å². The highest BCUT2D eigenvalue weighted by Crippen LogP contribution is 2.22. The fourth-order valence-electron chi connectivity index (χ4n) is 1.88. The van der Waals surface area contributed by atoms with Gasteiger partial charge in [-0.2, -0.15) is 0 Å². The molecule has 0 fully saturated rings. The van der Waals surface area contributed by atoms with Crippen LogP contribution in [0.5, 0.6) is 0 Å². The van der Waals surface area contributed by atoms with Crippen molar-refractivity contribution >= 4 is 26.9 Å². The van der Waals surface area contributed by atoms with Crippen LogP contribution in [0.2, 0.25) is 0 Å². The summed E-state index contributed by atoms with van der Waals surface area (Å²) in [7, 11) is -2.27. The number of carboxylic acids is 1. The van der Waals surface area contributed by atoms with Gasteiger partial charge in [0, 0.05) is 13.1 Å². The van der Waals surface area contributed by atoms with E-state index in [9.17, 15) is 18.0 Å². The van der Waals surface area contributed by atoms with Crippen LogP contribution in [-0.2, 0) is 21.7 Å². The Balaban J connectivity index is 2.52. The summed E-state index contributed by atoms with van der Waals surface area (Å²) in [5.41, 5.74) is 0.626. The number of benzene rings is 1. The van der Waals surface area contributed by atoms with Crippen molar-refractivity contribution < 1.29 is 22.7 Å². The molecule has 1 atom stereocenters. The molecule has 0 aliphatic carbocycles. The summed E-state index contributed by atoms with van der Waals surface area (Å²) in [6, 6.07) is 4.04. The summed E-state index contributed by atoms with van der Waals surface area (Å²) in [6.45, 7) is 1.33. The van der Waals surface area contributed by atoms with Crippen molar-refractivity contribution in [1.82, 2.24) is 4.57 Å². The Kier molecular flexibility index (Phi) is 3.43. The Labute approximate surface area is 114 Å². The molecule has 20 heavy (non-hydrogen) atoms. The van der Waals surface area contributed by atoms with Gasteiger partial charge in [-0.1, -0.05) is 0 Å². The maximum atomic E-state index is 12.2. The molecule has 1 N–H and O–H groups in total. The predicted molar refractivity (Wildman–Crippen MR) is 70.4 cm³/mol. The van der Waals surface area contributed by atoms with Gasteiger partial charge in [0.05, 0.1) is 22.1 Å². The number of sulfone groups is 1. The number of aryl methyl sites for hydroxylation is 1. The largest absolute Gasteiger partial charge is 0.481 e. The number of aliphatic carboxylic acids is 1. The summed E-state index contributed by atoms with van der Waals surface area (Å²) in [5.74, 6) is -1.78. The van der Waals surface area contributed by atoms with E-state index >= 15 is 0 Å². The zero-order valence-electron chi connectivity index (χ0n) is 10.9. The number of hydrogen-bond acceptors (Lipinski definition) is 5. The maximum Gasteiger partial charge on any atom is 0.419 e. The number of carbonyl (C=O) groups is 1. The Morgan fingerprint density at radius 2 is 2.10 bits per heavy atom. The lowest BCUT2D eigenvalue weighted by Gasteiger charge is -2.10. The van der Waals surface area contributed by atoms with E-state index in [0.717, 1.165) is 0 Å². The third-order valence-electron chi connectivity index (χ3n) is 3.08. The monoisotopic (exact) mass is 299 g/mol. The van der Waals surface area contributed by atoms with E-state index in [0.29, 0.717) is 5.52 Å². The summed E-state index contributed by atoms with van der Waals surface area (Å²) in [4.78, 5) is 21.9. The number of nitrogens with zero attached hydrogens (tertiary/aromatic N) is 1. The topological polar surface area (TPSA) is 107 Å². The molecule has 7 nitrogen and oxygen atoms in total. The van der Waals surface area contributed by atoms with E-state index in [-0.39, 0.29) is 10.5 Å². The van der Waals surface area contributed by atoms with Gasteiger partial charge in [-0.3, -0.25) is 9.36 Å². The normalized spacial score (nSPS) is 13.5. The zero-order valence-corrected chi connectivity index (χ0v) is 11.7. The van der Waals surface area contributed by atoms with E-state index in [4.69, 9.17) is 9.52 Å². The zero-order chi connectivity index (χ0) is 15.1. The average Bonchev–Trinajstić information content (AvgIpc) is 2.63. The highest BCUT2D eigenvalue weighted by Gasteiger charge is 2.26. The number of aromatic nitrogens is 1. The molecule has 0 saturated carbocycles. The molecule has 0 radical (unpaired) electrons. The quantitative estimate of drug-likeness (QED) is 0.893. The minimum atomic E-state index is -3.78. The first-order valence-electron chi connectivity index (χ1n) is 5.78. The minimum Gasteiger partial charge on any atom is -0.481 e. The number of oxazole rings is 1. The fraction of sp³-hybridized carbons (Fsp3) is 0.333. The van der Waals surface area contributed by atoms with Gasteiger partial charge in [-0.05, 0) is 19.1 Å². The molecule has 0 spiro atoms. The summed E-state index contributed by atoms with van der Waals surface area (Å²) in [6.07, 6.45) is -0.487. The maximum absolute atomic E-state index is 12.2. The average molecular weight is 299 g/mol.